The number of benzene rings is 2. The van der Waals surface area contributed by atoms with Crippen LogP contribution >= 0.6 is 0 Å². The number of carbonyl (C=O) groups is 3. The van der Waals surface area contributed by atoms with Crippen molar-refractivity contribution >= 4 is 23.5 Å². The van der Waals surface area contributed by atoms with Gasteiger partial charge in [-0.25, -0.2) is 9.37 Å². The highest BCUT2D eigenvalue weighted by Gasteiger charge is 2.45. The molecule has 0 bridgehead atoms. The lowest BCUT2D eigenvalue weighted by atomic mass is 9.81. The molecular weight excluding hydrogens is 539 g/mol. The number of fused-ring (bicyclic) bond motifs is 2. The first-order valence-corrected chi connectivity index (χ1v) is 14.0. The van der Waals surface area contributed by atoms with Crippen molar-refractivity contribution in [3.05, 3.63) is 82.3 Å². The molecule has 6 rings (SSSR count). The fraction of sp³-hybridized carbons (Fsp3) is 0.333. The highest BCUT2D eigenvalue weighted by atomic mass is 19.1. The molecule has 0 radical (unpaired) electrons. The van der Waals surface area contributed by atoms with E-state index < -0.39 is 22.7 Å². The lowest BCUT2D eigenvalue weighted by molar-refractivity contribution is -0.123. The minimum atomic E-state index is -1.57. The van der Waals surface area contributed by atoms with Crippen molar-refractivity contribution in [1.29, 1.82) is 0 Å². The zero-order valence-corrected chi connectivity index (χ0v) is 23.4. The van der Waals surface area contributed by atoms with Gasteiger partial charge in [0.05, 0.1) is 11.8 Å². The van der Waals surface area contributed by atoms with Crippen molar-refractivity contribution in [2.45, 2.75) is 63.1 Å². The number of allylic oxidation sites excluding steroid dienone is 1. The van der Waals surface area contributed by atoms with Gasteiger partial charge in [-0.3, -0.25) is 14.4 Å². The molecule has 2 aromatic carbocycles. The summed E-state index contributed by atoms with van der Waals surface area (Å²) in [7, 11) is 0. The summed E-state index contributed by atoms with van der Waals surface area (Å²) in [6.07, 6.45) is 5.43. The smallest absolute Gasteiger partial charge is 0.231 e. The number of nitrogens with two attached hydrogens (primary N) is 1. The lowest BCUT2D eigenvalue weighted by Crippen LogP contribution is -2.40. The number of hydrogen-bond donors (Lipinski definition) is 2. The minimum absolute atomic E-state index is 0.00125. The Labute approximate surface area is 242 Å². The number of ketones is 2. The maximum absolute atomic E-state index is 13.7. The predicted molar refractivity (Wildman–Crippen MR) is 153 cm³/mol. The molecule has 1 saturated carbocycles. The summed E-state index contributed by atoms with van der Waals surface area (Å²) in [5, 5.41) is 11.6. The van der Waals surface area contributed by atoms with Crippen molar-refractivity contribution in [3.8, 4) is 22.8 Å². The first-order chi connectivity index (χ1) is 19.9. The Kier molecular flexibility index (Phi) is 6.73. The van der Waals surface area contributed by atoms with Crippen LogP contribution in [0.2, 0.25) is 0 Å². The molecule has 0 spiro atoms. The second-order valence-electron chi connectivity index (χ2n) is 11.8. The number of aliphatic hydroxyl groups is 1. The Balaban J connectivity index is 1.31. The number of aromatic nitrogens is 1. The number of hydrogen-bond acceptors (Lipinski definition) is 7. The Morgan fingerprint density at radius 1 is 1.19 bits per heavy atom. The molecule has 2 atom stereocenters. The van der Waals surface area contributed by atoms with E-state index in [4.69, 9.17) is 15.2 Å². The molecule has 1 amide bonds. The molecule has 3 aliphatic rings. The van der Waals surface area contributed by atoms with Gasteiger partial charge in [0.2, 0.25) is 5.91 Å². The van der Waals surface area contributed by atoms with E-state index in [2.05, 4.69) is 4.98 Å². The number of amides is 1. The third-order valence-corrected chi connectivity index (χ3v) is 8.31. The highest BCUT2D eigenvalue weighted by molar-refractivity contribution is 6.02. The van der Waals surface area contributed by atoms with Crippen LogP contribution in [-0.2, 0) is 27.0 Å². The number of pyridine rings is 1. The number of primary amides is 1. The summed E-state index contributed by atoms with van der Waals surface area (Å²) in [6.45, 7) is 3.22. The average Bonchev–Trinajstić information content (AvgIpc) is 3.71. The summed E-state index contributed by atoms with van der Waals surface area (Å²) >= 11 is 0. The number of carbonyl (C=O) groups excluding carboxylic acids is 3. The molecule has 8 nitrogen and oxygen atoms in total. The van der Waals surface area contributed by atoms with Gasteiger partial charge < -0.3 is 20.3 Å². The van der Waals surface area contributed by atoms with Crippen LogP contribution in [0.25, 0.3) is 17.3 Å². The number of ether oxygens (including phenoxy) is 2. The third kappa shape index (κ3) is 5.09. The molecule has 42 heavy (non-hydrogen) atoms. The second-order valence-corrected chi connectivity index (χ2v) is 11.8. The van der Waals surface area contributed by atoms with E-state index in [0.29, 0.717) is 33.9 Å². The second kappa shape index (κ2) is 10.2. The Bertz CT molecular complexity index is 1660. The Morgan fingerprint density at radius 2 is 1.93 bits per heavy atom. The Morgan fingerprint density at radius 3 is 2.62 bits per heavy atom. The summed E-state index contributed by atoms with van der Waals surface area (Å²) in [5.41, 5.74) is 6.60. The van der Waals surface area contributed by atoms with Crippen LogP contribution in [-0.4, -0.2) is 40.3 Å². The van der Waals surface area contributed by atoms with Gasteiger partial charge >= 0.3 is 0 Å². The molecule has 3 aromatic rings. The van der Waals surface area contributed by atoms with Crippen LogP contribution in [0.5, 0.6) is 11.5 Å². The fourth-order valence-corrected chi connectivity index (χ4v) is 5.35. The molecule has 216 valence electrons. The van der Waals surface area contributed by atoms with E-state index in [1.807, 2.05) is 0 Å². The van der Waals surface area contributed by atoms with Crippen molar-refractivity contribution in [2.24, 2.45) is 5.73 Å². The largest absolute Gasteiger partial charge is 0.490 e. The van der Waals surface area contributed by atoms with E-state index in [-0.39, 0.29) is 49.2 Å². The van der Waals surface area contributed by atoms with Crippen molar-refractivity contribution in [3.63, 3.8) is 0 Å². The molecule has 0 unspecified atom stereocenters. The molecule has 2 heterocycles. The van der Waals surface area contributed by atoms with Crippen LogP contribution in [0.15, 0.2) is 48.5 Å². The summed E-state index contributed by atoms with van der Waals surface area (Å²) in [4.78, 5) is 42.6. The Hall–Kier alpha value is -4.37. The number of rotatable bonds is 9. The van der Waals surface area contributed by atoms with Gasteiger partial charge in [0.25, 0.3) is 0 Å². The van der Waals surface area contributed by atoms with Gasteiger partial charge in [0.15, 0.2) is 11.6 Å². The quantitative estimate of drug-likeness (QED) is 0.361. The van der Waals surface area contributed by atoms with E-state index in [0.717, 1.165) is 24.0 Å². The van der Waals surface area contributed by atoms with Crippen LogP contribution in [0, 0.1) is 5.82 Å². The van der Waals surface area contributed by atoms with Crippen LogP contribution in [0.1, 0.15) is 72.3 Å². The van der Waals surface area contributed by atoms with Gasteiger partial charge in [0.1, 0.15) is 40.6 Å². The molecule has 3 N–H and O–H groups in total. The average molecular weight is 571 g/mol. The first-order valence-electron chi connectivity index (χ1n) is 14.0. The minimum Gasteiger partial charge on any atom is -0.490 e. The lowest BCUT2D eigenvalue weighted by Gasteiger charge is -2.26. The number of Topliss-reactive ketones (excluding diaryl/α,β-unsaturated/α-hetero) is 1. The summed E-state index contributed by atoms with van der Waals surface area (Å²) < 4.78 is 25.6. The standard InChI is InChI=1S/C33H31FN2O6/c1-32(31(35)39)17-41-30-25(32)16-28(36-29(30)18-3-6-21(34)7-4-18)33(2,40)12-11-26(38)20-13-19-5-8-22(37)15-24(19)27(14-20)42-23-9-10-23/h3-8,13-14,16,23,40H,9-12,15,17H2,1-2H3,(H2,35,39)/t32-,33-/m0/s1. The predicted octanol–water partition coefficient (Wildman–Crippen LogP) is 4.57. The van der Waals surface area contributed by atoms with Gasteiger partial charge in [-0.15, -0.1) is 0 Å². The molecule has 2 aliphatic carbocycles. The van der Waals surface area contributed by atoms with Crippen molar-refractivity contribution in [1.82, 2.24) is 4.98 Å². The van der Waals surface area contributed by atoms with Gasteiger partial charge in [0, 0.05) is 35.1 Å². The molecule has 9 heteroatoms. The van der Waals surface area contributed by atoms with E-state index in [1.165, 1.54) is 18.2 Å². The van der Waals surface area contributed by atoms with Crippen LogP contribution in [0.4, 0.5) is 4.39 Å². The fourth-order valence-electron chi connectivity index (χ4n) is 5.35. The van der Waals surface area contributed by atoms with Gasteiger partial charge in [-0.05, 0) is 87.2 Å². The summed E-state index contributed by atoms with van der Waals surface area (Å²) in [6, 6.07) is 10.7. The van der Waals surface area contributed by atoms with E-state index >= 15 is 0 Å². The van der Waals surface area contributed by atoms with Gasteiger partial charge in [-0.1, -0.05) is 6.08 Å². The SMILES string of the molecule is C[C@](O)(CCC(=O)c1cc2c(c(OC3CC3)c1)CC(=O)C=C2)c1cc2c(c(-c3ccc(F)cc3)n1)OC[C@]2(C)C(N)=O. The van der Waals surface area contributed by atoms with Crippen LogP contribution in [0.3, 0.4) is 0 Å². The zero-order chi connectivity index (χ0) is 29.8. The van der Waals surface area contributed by atoms with Crippen LogP contribution < -0.4 is 15.2 Å². The molecule has 1 aromatic heterocycles. The highest BCUT2D eigenvalue weighted by Crippen LogP contribution is 2.46. The number of halogens is 1. The van der Waals surface area contributed by atoms with Crippen molar-refractivity contribution in [2.75, 3.05) is 6.61 Å². The molecule has 1 fully saturated rings. The zero-order valence-electron chi connectivity index (χ0n) is 23.4. The topological polar surface area (TPSA) is 129 Å². The van der Waals surface area contributed by atoms with E-state index in [9.17, 15) is 23.9 Å². The normalized spacial score (nSPS) is 20.3. The number of nitrogens with zero attached hydrogens (tertiary/aromatic N) is 1. The van der Waals surface area contributed by atoms with Gasteiger partial charge in [-0.2, -0.15) is 0 Å². The monoisotopic (exact) mass is 570 g/mol. The van der Waals surface area contributed by atoms with E-state index in [1.54, 1.807) is 50.3 Å². The first kappa shape index (κ1) is 27.8. The molecule has 0 saturated heterocycles. The third-order valence-electron chi connectivity index (χ3n) is 8.31. The maximum atomic E-state index is 13.7. The molecule has 1 aliphatic heterocycles. The summed E-state index contributed by atoms with van der Waals surface area (Å²) in [5.74, 6) is -0.326. The maximum Gasteiger partial charge on any atom is 0.231 e. The van der Waals surface area contributed by atoms with Crippen molar-refractivity contribution < 1.29 is 33.4 Å². The molecular formula is C33H31FN2O6.